The number of hydrogen-bond donors (Lipinski definition) is 2. The molecule has 1 aromatic carbocycles. The molecule has 0 spiro atoms. The number of halogens is 6. The van der Waals surface area contributed by atoms with Crippen LogP contribution in [0.2, 0.25) is 0 Å². The predicted molar refractivity (Wildman–Crippen MR) is 151 cm³/mol. The van der Waals surface area contributed by atoms with Gasteiger partial charge in [-0.05, 0) is 44.0 Å². The third-order valence-electron chi connectivity index (χ3n) is 7.84. The summed E-state index contributed by atoms with van der Waals surface area (Å²) in [4.78, 5) is 40.8. The Balaban J connectivity index is 1.37. The first-order valence-electron chi connectivity index (χ1n) is 13.9. The van der Waals surface area contributed by atoms with Crippen LogP contribution in [0.1, 0.15) is 40.2 Å². The van der Waals surface area contributed by atoms with Gasteiger partial charge in [0.2, 0.25) is 0 Å². The molecule has 2 saturated heterocycles. The average molecular weight is 659 g/mol. The second-order valence-electron chi connectivity index (χ2n) is 10.8. The highest BCUT2D eigenvalue weighted by atomic mass is 32.1. The van der Waals surface area contributed by atoms with E-state index in [4.69, 9.17) is 4.74 Å². The lowest BCUT2D eigenvalue weighted by atomic mass is 9.97. The largest absolute Gasteiger partial charge is 0.496 e. The Morgan fingerprint density at radius 2 is 1.80 bits per heavy atom. The summed E-state index contributed by atoms with van der Waals surface area (Å²) in [6.07, 6.45) is -5.71. The summed E-state index contributed by atoms with van der Waals surface area (Å²) < 4.78 is 86.0. The minimum absolute atomic E-state index is 0.0163. The number of anilines is 2. The van der Waals surface area contributed by atoms with Gasteiger partial charge in [0.15, 0.2) is 5.13 Å². The number of methoxy groups -OCH3 is 1. The molecule has 1 amide bonds. The molecule has 45 heavy (non-hydrogen) atoms. The van der Waals surface area contributed by atoms with Crippen molar-refractivity contribution in [3.63, 3.8) is 0 Å². The Labute approximate surface area is 257 Å². The van der Waals surface area contributed by atoms with Crippen molar-refractivity contribution in [1.82, 2.24) is 19.9 Å². The number of piperidine rings is 1. The van der Waals surface area contributed by atoms with E-state index in [9.17, 15) is 41.0 Å². The second kappa shape index (κ2) is 12.8. The summed E-state index contributed by atoms with van der Waals surface area (Å²) in [5.74, 6) is -3.43. The van der Waals surface area contributed by atoms with E-state index in [1.165, 1.54) is 18.5 Å². The Bertz CT molecular complexity index is 1540. The lowest BCUT2D eigenvalue weighted by molar-refractivity contribution is -0.170. The Hall–Kier alpha value is -3.99. The topological polar surface area (TPSA) is 121 Å². The third-order valence-corrected chi connectivity index (χ3v) is 8.79. The Morgan fingerprint density at radius 1 is 1.07 bits per heavy atom. The lowest BCUT2D eigenvalue weighted by Gasteiger charge is -2.30. The van der Waals surface area contributed by atoms with Gasteiger partial charge < -0.3 is 14.7 Å². The summed E-state index contributed by atoms with van der Waals surface area (Å²) in [5.41, 5.74) is -0.982. The van der Waals surface area contributed by atoms with Crippen LogP contribution in [0.15, 0.2) is 30.6 Å². The van der Waals surface area contributed by atoms with E-state index in [1.54, 1.807) is 4.90 Å². The smallest absolute Gasteiger partial charge is 0.419 e. The van der Waals surface area contributed by atoms with Crippen LogP contribution >= 0.6 is 11.3 Å². The van der Waals surface area contributed by atoms with E-state index in [0.29, 0.717) is 36.6 Å². The number of alkyl halides is 6. The number of amides is 1. The maximum Gasteiger partial charge on any atom is 0.419 e. The SMILES string of the molecule is COc1ccc(-c2nc(NC(=O)c3cnc(N4CCC(C(=O)O)CC4)cn3)sc2CN2CCC(C(F)(F)F)C2)cc1C(F)(F)F. The van der Waals surface area contributed by atoms with E-state index in [2.05, 4.69) is 20.3 Å². The molecule has 242 valence electrons. The van der Waals surface area contributed by atoms with Gasteiger partial charge in [0.1, 0.15) is 17.3 Å². The summed E-state index contributed by atoms with van der Waals surface area (Å²) in [6.45, 7) is 0.772. The van der Waals surface area contributed by atoms with Gasteiger partial charge in [-0.2, -0.15) is 26.3 Å². The second-order valence-corrected chi connectivity index (χ2v) is 11.9. The number of rotatable bonds is 8. The number of carboxylic acids is 1. The van der Waals surface area contributed by atoms with Crippen LogP contribution in [0.3, 0.4) is 0 Å². The highest BCUT2D eigenvalue weighted by Crippen LogP contribution is 2.41. The van der Waals surface area contributed by atoms with Crippen molar-refractivity contribution >= 4 is 34.2 Å². The molecule has 0 aliphatic carbocycles. The van der Waals surface area contributed by atoms with Gasteiger partial charge in [0.25, 0.3) is 5.91 Å². The minimum atomic E-state index is -4.75. The van der Waals surface area contributed by atoms with Crippen molar-refractivity contribution in [1.29, 1.82) is 0 Å². The first-order chi connectivity index (χ1) is 21.2. The number of aliphatic carboxylic acids is 1. The average Bonchev–Trinajstić information content (AvgIpc) is 3.64. The minimum Gasteiger partial charge on any atom is -0.496 e. The first kappa shape index (κ1) is 32.4. The van der Waals surface area contributed by atoms with Crippen LogP contribution in [0, 0.1) is 11.8 Å². The number of thiazole rings is 1. The number of likely N-dealkylation sites (tertiary alicyclic amines) is 1. The molecule has 2 N–H and O–H groups in total. The normalized spacial score (nSPS) is 18.3. The zero-order valence-electron chi connectivity index (χ0n) is 23.8. The molecule has 10 nitrogen and oxygen atoms in total. The van der Waals surface area contributed by atoms with Crippen LogP contribution in [0.25, 0.3) is 11.3 Å². The molecule has 2 aromatic heterocycles. The van der Waals surface area contributed by atoms with Gasteiger partial charge in [-0.15, -0.1) is 0 Å². The number of nitrogens with one attached hydrogen (secondary N) is 1. The number of carbonyl (C=O) groups excluding carboxylic acids is 1. The van der Waals surface area contributed by atoms with Crippen LogP contribution in [0.5, 0.6) is 5.75 Å². The third kappa shape index (κ3) is 7.46. The molecule has 0 saturated carbocycles. The van der Waals surface area contributed by atoms with Crippen molar-refractivity contribution in [2.45, 2.75) is 38.2 Å². The van der Waals surface area contributed by atoms with Gasteiger partial charge in [0, 0.05) is 36.6 Å². The number of ether oxygens (including phenoxy) is 1. The molecule has 2 aliphatic rings. The van der Waals surface area contributed by atoms with Crippen LogP contribution < -0.4 is 15.0 Å². The number of nitrogens with zero attached hydrogens (tertiary/aromatic N) is 5. The van der Waals surface area contributed by atoms with Gasteiger partial charge in [-0.3, -0.25) is 19.8 Å². The fourth-order valence-corrected chi connectivity index (χ4v) is 6.40. The van der Waals surface area contributed by atoms with E-state index >= 15 is 0 Å². The monoisotopic (exact) mass is 658 g/mol. The van der Waals surface area contributed by atoms with Crippen LogP contribution in [-0.4, -0.2) is 76.3 Å². The first-order valence-corrected chi connectivity index (χ1v) is 14.7. The van der Waals surface area contributed by atoms with E-state index < -0.39 is 47.4 Å². The molecule has 17 heteroatoms. The quantitative estimate of drug-likeness (QED) is 0.300. The molecule has 1 unspecified atom stereocenters. The summed E-state index contributed by atoms with van der Waals surface area (Å²) in [6, 6.07) is 3.36. The maximum absolute atomic E-state index is 13.8. The van der Waals surface area contributed by atoms with Crippen molar-refractivity contribution in [3.05, 3.63) is 46.7 Å². The zero-order chi connectivity index (χ0) is 32.5. The maximum atomic E-state index is 13.8. The van der Waals surface area contributed by atoms with E-state index in [0.717, 1.165) is 30.6 Å². The standard InChI is InChI=1S/C28H28F6N6O4S/c1-44-20-3-2-16(10-18(20)28(32,33)34)23-21(14-39-7-6-17(13-39)27(29,30)31)45-26(37-23)38-24(41)19-11-36-22(12-35-19)40-8-4-15(5-9-40)25(42)43/h2-3,10-12,15,17H,4-9,13-14H2,1H3,(H,42,43)(H,37,38,41). The van der Waals surface area contributed by atoms with Crippen molar-refractivity contribution in [2.75, 3.05) is 43.5 Å². The summed E-state index contributed by atoms with van der Waals surface area (Å²) in [7, 11) is 1.10. The molecule has 5 rings (SSSR count). The van der Waals surface area contributed by atoms with E-state index in [-0.39, 0.29) is 48.1 Å². The molecule has 0 radical (unpaired) electrons. The predicted octanol–water partition coefficient (Wildman–Crippen LogP) is 5.57. The van der Waals surface area contributed by atoms with Crippen LogP contribution in [0.4, 0.5) is 37.3 Å². The van der Waals surface area contributed by atoms with Crippen molar-refractivity contribution < 1.29 is 45.8 Å². The van der Waals surface area contributed by atoms with Gasteiger partial charge in [0.05, 0.1) is 42.6 Å². The zero-order valence-corrected chi connectivity index (χ0v) is 24.6. The number of benzene rings is 1. The molecule has 2 aliphatic heterocycles. The summed E-state index contributed by atoms with van der Waals surface area (Å²) >= 11 is 0.942. The molecule has 3 aromatic rings. The highest BCUT2D eigenvalue weighted by Gasteiger charge is 2.43. The van der Waals surface area contributed by atoms with Crippen molar-refractivity contribution in [2.24, 2.45) is 11.8 Å². The molecular weight excluding hydrogens is 630 g/mol. The van der Waals surface area contributed by atoms with Gasteiger partial charge in [-0.1, -0.05) is 11.3 Å². The number of aromatic nitrogens is 3. The van der Waals surface area contributed by atoms with Gasteiger partial charge >= 0.3 is 18.3 Å². The van der Waals surface area contributed by atoms with E-state index in [1.807, 2.05) is 4.90 Å². The lowest BCUT2D eigenvalue weighted by Crippen LogP contribution is -2.36. The van der Waals surface area contributed by atoms with Gasteiger partial charge in [-0.25, -0.2) is 15.0 Å². The molecular formula is C28H28F6N6O4S. The fourth-order valence-electron chi connectivity index (χ4n) is 5.38. The number of hydrogen-bond acceptors (Lipinski definition) is 9. The molecule has 2 fully saturated rings. The molecule has 1 atom stereocenters. The van der Waals surface area contributed by atoms with Crippen molar-refractivity contribution in [3.8, 4) is 17.0 Å². The van der Waals surface area contributed by atoms with Crippen LogP contribution in [-0.2, 0) is 17.5 Å². The molecule has 0 bridgehead atoms. The summed E-state index contributed by atoms with van der Waals surface area (Å²) in [5, 5.41) is 11.8. The highest BCUT2D eigenvalue weighted by molar-refractivity contribution is 7.16. The molecule has 4 heterocycles. The Kier molecular flexibility index (Phi) is 9.21. The Morgan fingerprint density at radius 3 is 2.38 bits per heavy atom. The number of carbonyl (C=O) groups is 2. The number of carboxylic acid groups (broad SMARTS) is 1. The fraction of sp³-hybridized carbons (Fsp3) is 0.464.